The van der Waals surface area contributed by atoms with Crippen LogP contribution < -0.4 is 10.1 Å². The Balaban J connectivity index is 1.55. The Morgan fingerprint density at radius 1 is 1.19 bits per heavy atom. The second-order valence-corrected chi connectivity index (χ2v) is 7.30. The molecule has 0 atom stereocenters. The average molecular weight is 438 g/mol. The number of anilines is 1. The molecule has 1 amide bonds. The fourth-order valence-corrected chi connectivity index (χ4v) is 3.32. The molecule has 0 spiro atoms. The van der Waals surface area contributed by atoms with Crippen LogP contribution in [0.1, 0.15) is 27.6 Å². The molecule has 0 bridgehead atoms. The number of para-hydroxylation sites is 1. The third-order valence-electron chi connectivity index (χ3n) is 4.81. The summed E-state index contributed by atoms with van der Waals surface area (Å²) in [7, 11) is 1.60. The number of nitrogens with zero attached hydrogens (tertiary/aromatic N) is 4. The molecule has 31 heavy (non-hydrogen) atoms. The van der Waals surface area contributed by atoms with Crippen LogP contribution in [-0.2, 0) is 6.54 Å². The van der Waals surface area contributed by atoms with Crippen molar-refractivity contribution >= 4 is 23.2 Å². The number of aromatic nitrogens is 4. The van der Waals surface area contributed by atoms with Crippen molar-refractivity contribution in [1.29, 1.82) is 0 Å². The maximum absolute atomic E-state index is 12.6. The smallest absolute Gasteiger partial charge is 0.278 e. The number of ether oxygens (including phenoxy) is 1. The molecule has 2 aromatic heterocycles. The Hall–Kier alpha value is -3.65. The molecule has 0 aliphatic heterocycles. The lowest BCUT2D eigenvalue weighted by Crippen LogP contribution is -2.14. The van der Waals surface area contributed by atoms with Gasteiger partial charge in [-0.15, -0.1) is 5.10 Å². The standard InChI is InChI=1S/C22H20ClN5O3/c1-13-20(21(29)24-16-8-6-7-15(23)11-16)26-27-28(13)12-18-14(2)31-22(25-18)17-9-4-5-10-19(17)30-3/h4-11H,12H2,1-3H3,(H,24,29). The van der Waals surface area contributed by atoms with Crippen LogP contribution in [-0.4, -0.2) is 33.0 Å². The predicted octanol–water partition coefficient (Wildman–Crippen LogP) is 4.51. The average Bonchev–Trinajstić information content (AvgIpc) is 3.31. The first-order valence-corrected chi connectivity index (χ1v) is 9.90. The van der Waals surface area contributed by atoms with Crippen molar-refractivity contribution in [3.05, 3.63) is 76.4 Å². The summed E-state index contributed by atoms with van der Waals surface area (Å²) in [6.45, 7) is 3.93. The zero-order valence-corrected chi connectivity index (χ0v) is 18.0. The lowest BCUT2D eigenvalue weighted by molar-refractivity contribution is 0.102. The van der Waals surface area contributed by atoms with Crippen molar-refractivity contribution < 1.29 is 13.9 Å². The second kappa shape index (κ2) is 8.61. The van der Waals surface area contributed by atoms with Crippen LogP contribution in [0.5, 0.6) is 5.75 Å². The van der Waals surface area contributed by atoms with Crippen molar-refractivity contribution in [3.8, 4) is 17.2 Å². The van der Waals surface area contributed by atoms with E-state index in [1.54, 1.807) is 43.0 Å². The molecule has 1 N–H and O–H groups in total. The van der Waals surface area contributed by atoms with E-state index in [0.29, 0.717) is 46.0 Å². The molecule has 0 saturated heterocycles. The van der Waals surface area contributed by atoms with E-state index in [4.69, 9.17) is 20.8 Å². The number of rotatable bonds is 6. The van der Waals surface area contributed by atoms with Crippen molar-refractivity contribution in [2.24, 2.45) is 0 Å². The summed E-state index contributed by atoms with van der Waals surface area (Å²) < 4.78 is 12.9. The molecule has 2 heterocycles. The summed E-state index contributed by atoms with van der Waals surface area (Å²) in [6.07, 6.45) is 0. The first-order valence-electron chi connectivity index (χ1n) is 9.53. The molecule has 158 valence electrons. The molecule has 0 aliphatic carbocycles. The first-order chi connectivity index (χ1) is 15.0. The fraction of sp³-hybridized carbons (Fsp3) is 0.182. The number of carbonyl (C=O) groups is 1. The molecule has 0 fully saturated rings. The number of methoxy groups -OCH3 is 1. The molecular formula is C22H20ClN5O3. The van der Waals surface area contributed by atoms with E-state index >= 15 is 0 Å². The van der Waals surface area contributed by atoms with Crippen molar-refractivity contribution in [1.82, 2.24) is 20.0 Å². The molecule has 0 aliphatic rings. The number of oxazole rings is 1. The third-order valence-corrected chi connectivity index (χ3v) is 5.04. The van der Waals surface area contributed by atoms with Crippen LogP contribution >= 0.6 is 11.6 Å². The largest absolute Gasteiger partial charge is 0.496 e. The van der Waals surface area contributed by atoms with Gasteiger partial charge in [0.15, 0.2) is 5.69 Å². The topological polar surface area (TPSA) is 95.1 Å². The van der Waals surface area contributed by atoms with Gasteiger partial charge in [-0.1, -0.05) is 35.0 Å². The molecule has 4 aromatic rings. The van der Waals surface area contributed by atoms with Gasteiger partial charge in [-0.05, 0) is 44.2 Å². The number of hydrogen-bond acceptors (Lipinski definition) is 6. The summed E-state index contributed by atoms with van der Waals surface area (Å²) in [5.41, 5.74) is 2.87. The van der Waals surface area contributed by atoms with Crippen LogP contribution in [0.2, 0.25) is 5.02 Å². The van der Waals surface area contributed by atoms with E-state index in [-0.39, 0.29) is 11.6 Å². The number of carbonyl (C=O) groups excluding carboxylic acids is 1. The van der Waals surface area contributed by atoms with Gasteiger partial charge in [0.25, 0.3) is 5.91 Å². The van der Waals surface area contributed by atoms with Gasteiger partial charge in [0, 0.05) is 10.7 Å². The molecule has 9 heteroatoms. The van der Waals surface area contributed by atoms with Gasteiger partial charge in [0.1, 0.15) is 17.2 Å². The predicted molar refractivity (Wildman–Crippen MR) is 116 cm³/mol. The van der Waals surface area contributed by atoms with E-state index < -0.39 is 0 Å². The monoisotopic (exact) mass is 437 g/mol. The van der Waals surface area contributed by atoms with Crippen LogP contribution in [0.3, 0.4) is 0 Å². The lowest BCUT2D eigenvalue weighted by Gasteiger charge is -2.05. The van der Waals surface area contributed by atoms with Crippen molar-refractivity contribution in [2.45, 2.75) is 20.4 Å². The normalized spacial score (nSPS) is 10.8. The maximum atomic E-state index is 12.6. The minimum Gasteiger partial charge on any atom is -0.496 e. The molecule has 0 saturated carbocycles. The molecule has 0 radical (unpaired) electrons. The second-order valence-electron chi connectivity index (χ2n) is 6.87. The zero-order chi connectivity index (χ0) is 22.0. The molecule has 4 rings (SSSR count). The molecule has 2 aromatic carbocycles. The number of hydrogen-bond donors (Lipinski definition) is 1. The minimum absolute atomic E-state index is 0.228. The number of nitrogens with one attached hydrogen (secondary N) is 1. The van der Waals surface area contributed by atoms with E-state index in [0.717, 1.165) is 5.56 Å². The molecule has 0 unspecified atom stereocenters. The van der Waals surface area contributed by atoms with E-state index in [2.05, 4.69) is 20.6 Å². The molecular weight excluding hydrogens is 418 g/mol. The quantitative estimate of drug-likeness (QED) is 0.476. The highest BCUT2D eigenvalue weighted by Crippen LogP contribution is 2.30. The summed E-state index contributed by atoms with van der Waals surface area (Å²) in [5, 5.41) is 11.5. The molecule has 8 nitrogen and oxygen atoms in total. The van der Waals surface area contributed by atoms with Gasteiger partial charge >= 0.3 is 0 Å². The summed E-state index contributed by atoms with van der Waals surface area (Å²) in [6, 6.07) is 14.4. The van der Waals surface area contributed by atoms with Crippen LogP contribution in [0.25, 0.3) is 11.5 Å². The number of amides is 1. The van der Waals surface area contributed by atoms with Crippen molar-refractivity contribution in [2.75, 3.05) is 12.4 Å². The Morgan fingerprint density at radius 2 is 2.00 bits per heavy atom. The Labute approximate surface area is 183 Å². The minimum atomic E-state index is -0.363. The van der Waals surface area contributed by atoms with Crippen LogP contribution in [0.4, 0.5) is 5.69 Å². The van der Waals surface area contributed by atoms with Gasteiger partial charge in [-0.3, -0.25) is 4.79 Å². The summed E-state index contributed by atoms with van der Waals surface area (Å²) in [4.78, 5) is 17.2. The maximum Gasteiger partial charge on any atom is 0.278 e. The summed E-state index contributed by atoms with van der Waals surface area (Å²) in [5.74, 6) is 1.42. The van der Waals surface area contributed by atoms with E-state index in [1.807, 2.05) is 31.2 Å². The van der Waals surface area contributed by atoms with Crippen LogP contribution in [0.15, 0.2) is 52.9 Å². The van der Waals surface area contributed by atoms with Gasteiger partial charge in [0.05, 0.1) is 24.9 Å². The fourth-order valence-electron chi connectivity index (χ4n) is 3.13. The highest BCUT2D eigenvalue weighted by Gasteiger charge is 2.20. The number of aryl methyl sites for hydroxylation is 1. The third kappa shape index (κ3) is 4.29. The Bertz CT molecular complexity index is 1250. The number of benzene rings is 2. The SMILES string of the molecule is COc1ccccc1-c1nc(Cn2nnc(C(=O)Nc3cccc(Cl)c3)c2C)c(C)o1. The lowest BCUT2D eigenvalue weighted by atomic mass is 10.2. The van der Waals surface area contributed by atoms with Crippen LogP contribution in [0, 0.1) is 13.8 Å². The summed E-state index contributed by atoms with van der Waals surface area (Å²) >= 11 is 5.97. The van der Waals surface area contributed by atoms with Gasteiger partial charge in [0.2, 0.25) is 5.89 Å². The Kier molecular flexibility index (Phi) is 5.73. The highest BCUT2D eigenvalue weighted by atomic mass is 35.5. The van der Waals surface area contributed by atoms with E-state index in [9.17, 15) is 4.79 Å². The van der Waals surface area contributed by atoms with E-state index in [1.165, 1.54) is 0 Å². The van der Waals surface area contributed by atoms with Crippen molar-refractivity contribution in [3.63, 3.8) is 0 Å². The van der Waals surface area contributed by atoms with Gasteiger partial charge < -0.3 is 14.5 Å². The van der Waals surface area contributed by atoms with Gasteiger partial charge in [-0.2, -0.15) is 0 Å². The number of halogens is 1. The Morgan fingerprint density at radius 3 is 2.77 bits per heavy atom. The van der Waals surface area contributed by atoms with Gasteiger partial charge in [-0.25, -0.2) is 9.67 Å². The zero-order valence-electron chi connectivity index (χ0n) is 17.2. The highest BCUT2D eigenvalue weighted by molar-refractivity contribution is 6.30. The first kappa shape index (κ1) is 20.6.